The normalized spacial score (nSPS) is 39.1. The summed E-state index contributed by atoms with van der Waals surface area (Å²) in [6.45, 7) is 3.75. The highest BCUT2D eigenvalue weighted by atomic mass is 16.5. The maximum Gasteiger partial charge on any atom is 0.244 e. The SMILES string of the molecule is CC1=C/C=C/[C@@H]2O[C@H](C[C@H]2O)[C@H](O)[C@H](O)C/C=C/C=C/C=C/C(=O)N[C@@H](C)C[C@@H](O)/C=C\C=C1. The zero-order valence-electron chi connectivity index (χ0n) is 19.8. The van der Waals surface area contributed by atoms with Crippen LogP contribution in [0, 0.1) is 0 Å². The number of aliphatic hydroxyl groups is 4. The molecule has 2 aliphatic rings. The number of hydrogen-bond acceptors (Lipinski definition) is 6. The first-order valence-electron chi connectivity index (χ1n) is 11.6. The Morgan fingerprint density at radius 3 is 2.41 bits per heavy atom. The van der Waals surface area contributed by atoms with Crippen LogP contribution in [0.2, 0.25) is 0 Å². The number of allylic oxidation sites excluding steroid dienone is 10. The summed E-state index contributed by atoms with van der Waals surface area (Å²) in [4.78, 5) is 12.0. The van der Waals surface area contributed by atoms with Crippen LogP contribution in [0.4, 0.5) is 0 Å². The van der Waals surface area contributed by atoms with Gasteiger partial charge in [-0.1, -0.05) is 78.5 Å². The van der Waals surface area contributed by atoms with Crippen molar-refractivity contribution in [3.63, 3.8) is 0 Å². The van der Waals surface area contributed by atoms with Gasteiger partial charge in [0, 0.05) is 18.5 Å². The van der Waals surface area contributed by atoms with Crippen molar-refractivity contribution in [2.24, 2.45) is 0 Å². The largest absolute Gasteiger partial charge is 0.390 e. The van der Waals surface area contributed by atoms with Crippen molar-refractivity contribution < 1.29 is 30.0 Å². The Morgan fingerprint density at radius 1 is 0.882 bits per heavy atom. The Bertz CT molecular complexity index is 853. The summed E-state index contributed by atoms with van der Waals surface area (Å²) in [5.74, 6) is -0.257. The summed E-state index contributed by atoms with van der Waals surface area (Å²) < 4.78 is 5.75. The van der Waals surface area contributed by atoms with Gasteiger partial charge in [-0.2, -0.15) is 0 Å². The van der Waals surface area contributed by atoms with Crippen LogP contribution in [-0.4, -0.2) is 69.0 Å². The van der Waals surface area contributed by atoms with Gasteiger partial charge in [0.1, 0.15) is 12.2 Å². The second-order valence-electron chi connectivity index (χ2n) is 8.66. The third-order valence-corrected chi connectivity index (χ3v) is 5.50. The number of carbonyl (C=O) groups excluding carboxylic acids is 1. The van der Waals surface area contributed by atoms with Gasteiger partial charge in [0.05, 0.1) is 24.4 Å². The second-order valence-corrected chi connectivity index (χ2v) is 8.66. The van der Waals surface area contributed by atoms with Crippen molar-refractivity contribution in [1.29, 1.82) is 0 Å². The first kappa shape index (κ1) is 27.7. The van der Waals surface area contributed by atoms with Crippen molar-refractivity contribution in [1.82, 2.24) is 5.32 Å². The van der Waals surface area contributed by atoms with E-state index in [0.717, 1.165) is 5.57 Å². The molecule has 0 spiro atoms. The van der Waals surface area contributed by atoms with Gasteiger partial charge in [-0.25, -0.2) is 0 Å². The van der Waals surface area contributed by atoms with Crippen LogP contribution < -0.4 is 5.32 Å². The number of nitrogens with one attached hydrogen (secondary N) is 1. The molecule has 0 radical (unpaired) electrons. The number of ether oxygens (including phenoxy) is 1. The molecular weight excluding hydrogens is 434 g/mol. The van der Waals surface area contributed by atoms with E-state index in [0.29, 0.717) is 6.42 Å². The minimum absolute atomic E-state index is 0.202. The lowest BCUT2D eigenvalue weighted by molar-refractivity contribution is -0.117. The fourth-order valence-corrected chi connectivity index (χ4v) is 3.63. The maximum atomic E-state index is 12.0. The smallest absolute Gasteiger partial charge is 0.244 e. The molecule has 1 fully saturated rings. The molecule has 0 saturated carbocycles. The van der Waals surface area contributed by atoms with E-state index in [1.165, 1.54) is 6.08 Å². The van der Waals surface area contributed by atoms with Crippen molar-refractivity contribution >= 4 is 5.91 Å². The number of amides is 1. The first-order chi connectivity index (χ1) is 16.3. The summed E-state index contributed by atoms with van der Waals surface area (Å²) in [6.07, 6.45) is 18.3. The van der Waals surface area contributed by atoms with E-state index < -0.39 is 36.6 Å². The number of aliphatic hydroxyl groups excluding tert-OH is 4. The summed E-state index contributed by atoms with van der Waals surface area (Å²) in [5.41, 5.74) is 0.952. The van der Waals surface area contributed by atoms with E-state index in [9.17, 15) is 25.2 Å². The van der Waals surface area contributed by atoms with Crippen LogP contribution in [0.1, 0.15) is 33.1 Å². The monoisotopic (exact) mass is 471 g/mol. The van der Waals surface area contributed by atoms with Gasteiger partial charge in [-0.15, -0.1) is 0 Å². The van der Waals surface area contributed by atoms with Crippen molar-refractivity contribution in [2.75, 3.05) is 0 Å². The summed E-state index contributed by atoms with van der Waals surface area (Å²) in [6, 6.07) is -0.202. The fourth-order valence-electron chi connectivity index (χ4n) is 3.63. The van der Waals surface area contributed by atoms with Gasteiger partial charge in [0.15, 0.2) is 0 Å². The predicted octanol–water partition coefficient (Wildman–Crippen LogP) is 2.17. The van der Waals surface area contributed by atoms with Gasteiger partial charge < -0.3 is 30.5 Å². The van der Waals surface area contributed by atoms with Crippen LogP contribution in [0.25, 0.3) is 0 Å². The fraction of sp³-hybridized carbons (Fsp3) is 0.444. The van der Waals surface area contributed by atoms with Crippen LogP contribution in [0.15, 0.2) is 84.6 Å². The molecule has 2 rings (SSSR count). The van der Waals surface area contributed by atoms with E-state index in [-0.39, 0.29) is 24.8 Å². The minimum atomic E-state index is -1.12. The number of hydrogen-bond donors (Lipinski definition) is 5. The topological polar surface area (TPSA) is 119 Å². The third-order valence-electron chi connectivity index (χ3n) is 5.50. The minimum Gasteiger partial charge on any atom is -0.390 e. The molecule has 7 heteroatoms. The Labute approximate surface area is 201 Å². The highest BCUT2D eigenvalue weighted by molar-refractivity contribution is 5.87. The molecule has 5 N–H and O–H groups in total. The lowest BCUT2D eigenvalue weighted by Gasteiger charge is -2.22. The van der Waals surface area contributed by atoms with E-state index in [2.05, 4.69) is 5.32 Å². The highest BCUT2D eigenvalue weighted by Crippen LogP contribution is 2.26. The van der Waals surface area contributed by atoms with E-state index in [1.54, 1.807) is 54.7 Å². The zero-order valence-corrected chi connectivity index (χ0v) is 19.8. The molecule has 0 unspecified atom stereocenters. The van der Waals surface area contributed by atoms with Crippen molar-refractivity contribution in [2.45, 2.75) is 75.8 Å². The molecule has 1 saturated heterocycles. The van der Waals surface area contributed by atoms with Crippen LogP contribution in [-0.2, 0) is 9.53 Å². The van der Waals surface area contributed by atoms with Gasteiger partial charge in [0.25, 0.3) is 0 Å². The molecule has 2 heterocycles. The molecule has 2 aliphatic heterocycles. The van der Waals surface area contributed by atoms with Gasteiger partial charge in [0.2, 0.25) is 5.91 Å². The molecule has 0 aromatic rings. The standard InChI is InChI=1S/C27H37NO6/c1-19-11-8-9-13-21(29)17-20(2)28-26(32)16-7-5-3-4-6-14-22(30)27(33)25-18-23(31)24(34-25)15-10-12-19/h3-13,15-16,20-25,27,29-31,33H,14,17-18H2,1-2H3,(H,28,32)/b5-3+,6-4+,11-8?,13-9-,15-10+,16-7+,19-12?/t20-,21-,22+,23+,24-,25+,27+/m0/s1. The summed E-state index contributed by atoms with van der Waals surface area (Å²) >= 11 is 0. The molecule has 0 aromatic heterocycles. The Kier molecular flexibility index (Phi) is 11.9. The van der Waals surface area contributed by atoms with Gasteiger partial charge in [-0.05, 0) is 26.7 Å². The van der Waals surface area contributed by atoms with Crippen molar-refractivity contribution in [3.8, 4) is 0 Å². The molecule has 7 nitrogen and oxygen atoms in total. The van der Waals surface area contributed by atoms with E-state index in [4.69, 9.17) is 4.74 Å². The summed E-state index contributed by atoms with van der Waals surface area (Å²) in [5, 5.41) is 43.9. The van der Waals surface area contributed by atoms with E-state index in [1.807, 2.05) is 32.1 Å². The second kappa shape index (κ2) is 14.7. The molecule has 7 atom stereocenters. The number of fused-ring (bicyclic) bond motifs is 2. The lowest BCUT2D eigenvalue weighted by atomic mass is 10.0. The first-order valence-corrected chi connectivity index (χ1v) is 11.6. The highest BCUT2D eigenvalue weighted by Gasteiger charge is 2.38. The maximum absolute atomic E-state index is 12.0. The molecule has 186 valence electrons. The van der Waals surface area contributed by atoms with Gasteiger partial charge in [-0.3, -0.25) is 4.79 Å². The molecule has 0 aliphatic carbocycles. The lowest BCUT2D eigenvalue weighted by Crippen LogP contribution is -2.37. The molecule has 1 amide bonds. The average Bonchev–Trinajstić information content (AvgIpc) is 3.15. The number of rotatable bonds is 0. The zero-order chi connectivity index (χ0) is 24.9. The third kappa shape index (κ3) is 10.2. The molecule has 2 bridgehead atoms. The quantitative estimate of drug-likeness (QED) is 0.369. The summed E-state index contributed by atoms with van der Waals surface area (Å²) in [7, 11) is 0. The molecular formula is C27H37NO6. The van der Waals surface area contributed by atoms with Crippen molar-refractivity contribution in [3.05, 3.63) is 84.6 Å². The number of carbonyl (C=O) groups is 1. The molecule has 0 aromatic carbocycles. The average molecular weight is 472 g/mol. The Balaban J connectivity index is 2.11. The Hall–Kier alpha value is -2.55. The predicted molar refractivity (Wildman–Crippen MR) is 133 cm³/mol. The Morgan fingerprint density at radius 2 is 1.62 bits per heavy atom. The van der Waals surface area contributed by atoms with Crippen LogP contribution in [0.5, 0.6) is 0 Å². The molecule has 34 heavy (non-hydrogen) atoms. The van der Waals surface area contributed by atoms with Crippen LogP contribution in [0.3, 0.4) is 0 Å². The van der Waals surface area contributed by atoms with Gasteiger partial charge >= 0.3 is 0 Å². The van der Waals surface area contributed by atoms with Crippen LogP contribution >= 0.6 is 0 Å². The van der Waals surface area contributed by atoms with E-state index >= 15 is 0 Å².